The van der Waals surface area contributed by atoms with E-state index < -0.39 is 22.3 Å². The molecule has 1 aliphatic heterocycles. The normalized spacial score (nSPS) is 17.1. The molecule has 8 heteroatoms. The number of fused-ring (bicyclic) bond motifs is 2. The van der Waals surface area contributed by atoms with Gasteiger partial charge in [0.1, 0.15) is 11.3 Å². The van der Waals surface area contributed by atoms with E-state index in [4.69, 9.17) is 9.15 Å². The number of hydrogen-bond acceptors (Lipinski definition) is 6. The molecule has 0 fully saturated rings. The van der Waals surface area contributed by atoms with Crippen molar-refractivity contribution in [3.05, 3.63) is 84.1 Å². The van der Waals surface area contributed by atoms with Crippen molar-refractivity contribution in [2.24, 2.45) is 0 Å². The number of carbonyl (C=O) groups excluding carboxylic acids is 3. The number of methoxy groups -OCH3 is 1. The van der Waals surface area contributed by atoms with Crippen molar-refractivity contribution < 1.29 is 23.5 Å². The first-order chi connectivity index (χ1) is 16.4. The summed E-state index contributed by atoms with van der Waals surface area (Å²) in [4.78, 5) is 40.5. The molecule has 2 N–H and O–H groups in total. The van der Waals surface area contributed by atoms with Crippen LogP contribution in [-0.4, -0.2) is 29.5 Å². The van der Waals surface area contributed by atoms with Gasteiger partial charge < -0.3 is 19.8 Å². The summed E-state index contributed by atoms with van der Waals surface area (Å²) < 4.78 is 9.58. The first-order valence-corrected chi connectivity index (χ1v) is 11.3. The van der Waals surface area contributed by atoms with Gasteiger partial charge >= 0.3 is 0 Å². The molecular weight excluding hydrogens is 452 g/mol. The fourth-order valence-corrected chi connectivity index (χ4v) is 4.85. The van der Waals surface area contributed by atoms with E-state index in [9.17, 15) is 14.4 Å². The fraction of sp³-hybridized carbons (Fsp3) is 0.115. The van der Waals surface area contributed by atoms with Gasteiger partial charge in [-0.1, -0.05) is 36.0 Å². The number of rotatable bonds is 5. The van der Waals surface area contributed by atoms with Crippen LogP contribution in [0.25, 0.3) is 11.0 Å². The highest BCUT2D eigenvalue weighted by Gasteiger charge is 2.46. The van der Waals surface area contributed by atoms with Gasteiger partial charge in [-0.15, -0.1) is 0 Å². The Balaban J connectivity index is 1.53. The minimum Gasteiger partial charge on any atom is -0.497 e. The smallest absolute Gasteiger partial charge is 0.250 e. The number of ketones is 1. The van der Waals surface area contributed by atoms with Gasteiger partial charge in [0, 0.05) is 15.8 Å². The van der Waals surface area contributed by atoms with Crippen LogP contribution in [0.1, 0.15) is 23.0 Å². The molecule has 34 heavy (non-hydrogen) atoms. The maximum atomic E-state index is 13.5. The number of carbonyl (C=O) groups is 3. The molecule has 0 spiro atoms. The average molecular weight is 473 g/mol. The van der Waals surface area contributed by atoms with Crippen molar-refractivity contribution in [1.29, 1.82) is 0 Å². The first-order valence-electron chi connectivity index (χ1n) is 10.5. The number of thioether (sulfide) groups is 1. The predicted octanol–water partition coefficient (Wildman–Crippen LogP) is 5.11. The van der Waals surface area contributed by atoms with Crippen LogP contribution in [0.15, 0.2) is 82.1 Å². The van der Waals surface area contributed by atoms with Crippen LogP contribution in [-0.2, 0) is 9.59 Å². The summed E-state index contributed by atoms with van der Waals surface area (Å²) in [5, 5.41) is 6.19. The van der Waals surface area contributed by atoms with Gasteiger partial charge in [0.15, 0.2) is 10.5 Å². The van der Waals surface area contributed by atoms with E-state index in [1.807, 2.05) is 18.2 Å². The molecule has 5 rings (SSSR count). The zero-order valence-electron chi connectivity index (χ0n) is 18.4. The molecule has 170 valence electrons. The maximum Gasteiger partial charge on any atom is 0.250 e. The third kappa shape index (κ3) is 3.62. The second kappa shape index (κ2) is 8.39. The van der Waals surface area contributed by atoms with Crippen LogP contribution in [0.3, 0.4) is 0 Å². The second-order valence-corrected chi connectivity index (χ2v) is 9.36. The standard InChI is InChI=1S/C26H20N2O5S/c1-26(24(30)27-18-8-4-6-10-20(18)34-26)25(31)28-21-17-7-3-5-9-19(17)33-23(21)22(29)15-11-13-16(32-2)14-12-15/h3-14H,1-2H3,(H,27,30)(H,28,31). The lowest BCUT2D eigenvalue weighted by Gasteiger charge is -2.31. The van der Waals surface area contributed by atoms with E-state index in [0.29, 0.717) is 28.0 Å². The van der Waals surface area contributed by atoms with Crippen molar-refractivity contribution in [3.8, 4) is 5.75 Å². The van der Waals surface area contributed by atoms with Gasteiger partial charge in [-0.05, 0) is 55.5 Å². The van der Waals surface area contributed by atoms with Crippen LogP contribution in [0, 0.1) is 0 Å². The van der Waals surface area contributed by atoms with E-state index in [0.717, 1.165) is 16.7 Å². The molecule has 1 atom stereocenters. The quantitative estimate of drug-likeness (QED) is 0.309. The van der Waals surface area contributed by atoms with Crippen molar-refractivity contribution >= 4 is 51.7 Å². The molecule has 0 saturated heterocycles. The van der Waals surface area contributed by atoms with Crippen LogP contribution >= 0.6 is 11.8 Å². The molecular formula is C26H20N2O5S. The molecule has 0 saturated carbocycles. The fourth-order valence-electron chi connectivity index (χ4n) is 3.75. The molecule has 0 bridgehead atoms. The molecule has 2 amide bonds. The Labute approximate surface area is 199 Å². The van der Waals surface area contributed by atoms with Gasteiger partial charge in [-0.2, -0.15) is 0 Å². The van der Waals surface area contributed by atoms with Crippen LogP contribution in [0.4, 0.5) is 11.4 Å². The Morgan fingerprint density at radius 1 is 1.00 bits per heavy atom. The number of amides is 2. The predicted molar refractivity (Wildman–Crippen MR) is 131 cm³/mol. The summed E-state index contributed by atoms with van der Waals surface area (Å²) in [6, 6.07) is 20.9. The summed E-state index contributed by atoms with van der Waals surface area (Å²) in [6.07, 6.45) is 0. The lowest BCUT2D eigenvalue weighted by atomic mass is 10.1. The Hall–Kier alpha value is -4.04. The van der Waals surface area contributed by atoms with Gasteiger partial charge in [-0.25, -0.2) is 0 Å². The molecule has 1 aliphatic rings. The van der Waals surface area contributed by atoms with Crippen molar-refractivity contribution in [2.45, 2.75) is 16.6 Å². The van der Waals surface area contributed by atoms with Gasteiger partial charge in [0.2, 0.25) is 17.6 Å². The summed E-state index contributed by atoms with van der Waals surface area (Å²) in [5.74, 6) is -0.789. The molecule has 0 radical (unpaired) electrons. The Kier molecular flexibility index (Phi) is 5.37. The molecule has 1 aromatic heterocycles. The monoisotopic (exact) mass is 472 g/mol. The number of para-hydroxylation sites is 2. The van der Waals surface area contributed by atoms with Gasteiger partial charge in [-0.3, -0.25) is 14.4 Å². The molecule has 1 unspecified atom stereocenters. The number of nitrogens with one attached hydrogen (secondary N) is 2. The third-order valence-electron chi connectivity index (χ3n) is 5.71. The third-order valence-corrected chi connectivity index (χ3v) is 7.06. The van der Waals surface area contributed by atoms with Crippen molar-refractivity contribution in [3.63, 3.8) is 0 Å². The van der Waals surface area contributed by atoms with E-state index in [1.165, 1.54) is 0 Å². The lowest BCUT2D eigenvalue weighted by Crippen LogP contribution is -2.49. The Morgan fingerprint density at radius 3 is 2.47 bits per heavy atom. The lowest BCUT2D eigenvalue weighted by molar-refractivity contribution is -0.126. The molecule has 3 aromatic carbocycles. The highest BCUT2D eigenvalue weighted by molar-refractivity contribution is 8.02. The molecule has 4 aromatic rings. The van der Waals surface area contributed by atoms with Gasteiger partial charge in [0.25, 0.3) is 0 Å². The van der Waals surface area contributed by atoms with Crippen LogP contribution in [0.2, 0.25) is 0 Å². The van der Waals surface area contributed by atoms with Crippen LogP contribution in [0.5, 0.6) is 5.75 Å². The number of ether oxygens (including phenoxy) is 1. The minimum atomic E-state index is -1.45. The highest BCUT2D eigenvalue weighted by atomic mass is 32.2. The zero-order valence-corrected chi connectivity index (χ0v) is 19.2. The Morgan fingerprint density at radius 2 is 1.71 bits per heavy atom. The largest absolute Gasteiger partial charge is 0.497 e. The summed E-state index contributed by atoms with van der Waals surface area (Å²) in [6.45, 7) is 1.56. The number of furan rings is 1. The van der Waals surface area contributed by atoms with Crippen molar-refractivity contribution in [1.82, 2.24) is 0 Å². The molecule has 7 nitrogen and oxygen atoms in total. The number of hydrogen-bond donors (Lipinski definition) is 2. The molecule has 2 heterocycles. The average Bonchev–Trinajstić information content (AvgIpc) is 3.22. The van der Waals surface area contributed by atoms with E-state index in [-0.39, 0.29) is 11.4 Å². The van der Waals surface area contributed by atoms with E-state index in [2.05, 4.69) is 10.6 Å². The van der Waals surface area contributed by atoms with Crippen LogP contribution < -0.4 is 15.4 Å². The summed E-state index contributed by atoms with van der Waals surface area (Å²) in [7, 11) is 1.54. The zero-order chi connectivity index (χ0) is 23.9. The first kappa shape index (κ1) is 21.8. The minimum absolute atomic E-state index is 0.00932. The van der Waals surface area contributed by atoms with E-state index in [1.54, 1.807) is 68.6 Å². The summed E-state index contributed by atoms with van der Waals surface area (Å²) in [5.41, 5.74) is 1.72. The molecule has 0 aliphatic carbocycles. The van der Waals surface area contributed by atoms with E-state index >= 15 is 0 Å². The highest BCUT2D eigenvalue weighted by Crippen LogP contribution is 2.43. The Bertz CT molecular complexity index is 1440. The number of benzene rings is 3. The van der Waals surface area contributed by atoms with Gasteiger partial charge in [0.05, 0.1) is 18.5 Å². The second-order valence-electron chi connectivity index (χ2n) is 7.90. The topological polar surface area (TPSA) is 97.6 Å². The summed E-state index contributed by atoms with van der Waals surface area (Å²) >= 11 is 1.16. The SMILES string of the molecule is COc1ccc(C(=O)c2oc3ccccc3c2NC(=O)C2(C)Sc3ccccc3NC2=O)cc1. The number of anilines is 2. The maximum absolute atomic E-state index is 13.5. The van der Waals surface area contributed by atoms with Crippen molar-refractivity contribution in [2.75, 3.05) is 17.7 Å².